The van der Waals surface area contributed by atoms with Crippen LogP contribution in [-0.2, 0) is 5.67 Å². The molecule has 0 saturated carbocycles. The smallest absolute Gasteiger partial charge is 0.196 e. The van der Waals surface area contributed by atoms with E-state index in [1.54, 1.807) is 24.3 Å². The van der Waals surface area contributed by atoms with Crippen molar-refractivity contribution >= 4 is 5.57 Å². The van der Waals surface area contributed by atoms with Crippen LogP contribution in [0.5, 0.6) is 11.5 Å². The molecule has 2 nitrogen and oxygen atoms in total. The fourth-order valence-corrected chi connectivity index (χ4v) is 5.91. The summed E-state index contributed by atoms with van der Waals surface area (Å²) in [5.41, 5.74) is 0.399. The Morgan fingerprint density at radius 3 is 1.68 bits per heavy atom. The van der Waals surface area contributed by atoms with Gasteiger partial charge in [0.25, 0.3) is 0 Å². The zero-order valence-electron chi connectivity index (χ0n) is 26.7. The number of benzene rings is 3. The lowest BCUT2D eigenvalue weighted by Crippen LogP contribution is -2.34. The molecule has 0 N–H and O–H groups in total. The zero-order chi connectivity index (χ0) is 31.0. The Kier molecular flexibility index (Phi) is 13.5. The summed E-state index contributed by atoms with van der Waals surface area (Å²) in [5, 5.41) is 0. The molecular weight excluding hydrogens is 550 g/mol. The number of hydrogen-bond donors (Lipinski definition) is 0. The molecule has 0 fully saturated rings. The number of unbranched alkanes of at least 4 members (excludes halogenated alkanes) is 10. The molecule has 44 heavy (non-hydrogen) atoms. The lowest BCUT2D eigenvalue weighted by atomic mass is 9.75. The molecule has 2 unspecified atom stereocenters. The molecule has 0 aromatic heterocycles. The van der Waals surface area contributed by atoms with E-state index in [4.69, 9.17) is 9.47 Å². The summed E-state index contributed by atoms with van der Waals surface area (Å²) in [6.45, 7) is 5.78. The quantitative estimate of drug-likeness (QED) is 0.127. The number of allylic oxidation sites excluding steroid dienone is 4. The van der Waals surface area contributed by atoms with E-state index in [9.17, 15) is 0 Å². The highest BCUT2D eigenvalue weighted by atomic mass is 19.2. The maximum Gasteiger partial charge on any atom is 0.196 e. The van der Waals surface area contributed by atoms with Crippen LogP contribution in [0.1, 0.15) is 102 Å². The molecular formula is C40H50F2O2. The highest BCUT2D eigenvalue weighted by molar-refractivity contribution is 5.82. The molecule has 3 aromatic carbocycles. The molecule has 0 bridgehead atoms. The molecule has 0 radical (unpaired) electrons. The van der Waals surface area contributed by atoms with Crippen LogP contribution in [-0.4, -0.2) is 19.4 Å². The summed E-state index contributed by atoms with van der Waals surface area (Å²) < 4.78 is 44.9. The first-order chi connectivity index (χ1) is 21.6. The van der Waals surface area contributed by atoms with Crippen molar-refractivity contribution < 1.29 is 18.3 Å². The minimum atomic E-state index is -2.35. The standard InChI is InChI=1S/C40H50F2O2/c1-3-5-7-9-10-12-16-31-44-35-28-24-33(25-29-35)37-20-17-21-39(41)40(37,42)38-19-14-13-18-36(38)32-22-26-34(27-23-32)43-30-15-11-8-6-4-2/h13-14,17-29,39H,3-12,15-16,30-31H2,1-2H3. The minimum absolute atomic E-state index is 0.307. The summed E-state index contributed by atoms with van der Waals surface area (Å²) in [6.07, 6.45) is 17.3. The molecule has 0 heterocycles. The Balaban J connectivity index is 1.44. The Labute approximate surface area is 264 Å². The third-order valence-electron chi connectivity index (χ3n) is 8.50. The molecule has 3 aromatic rings. The van der Waals surface area contributed by atoms with Gasteiger partial charge in [0, 0.05) is 11.1 Å². The van der Waals surface area contributed by atoms with Gasteiger partial charge in [-0.1, -0.05) is 139 Å². The van der Waals surface area contributed by atoms with E-state index < -0.39 is 11.8 Å². The molecule has 0 spiro atoms. The molecule has 4 heteroatoms. The van der Waals surface area contributed by atoms with Gasteiger partial charge in [-0.3, -0.25) is 0 Å². The average Bonchev–Trinajstić information content (AvgIpc) is 3.06. The van der Waals surface area contributed by atoms with Crippen molar-refractivity contribution in [3.63, 3.8) is 0 Å². The molecule has 0 saturated heterocycles. The Bertz CT molecular complexity index is 1310. The normalized spacial score (nSPS) is 17.8. The van der Waals surface area contributed by atoms with Crippen molar-refractivity contribution in [2.75, 3.05) is 13.2 Å². The Hall–Kier alpha value is -3.40. The highest BCUT2D eigenvalue weighted by Gasteiger charge is 2.47. The summed E-state index contributed by atoms with van der Waals surface area (Å²) in [5.74, 6) is 1.53. The lowest BCUT2D eigenvalue weighted by Gasteiger charge is -2.34. The number of hydrogen-bond acceptors (Lipinski definition) is 2. The molecule has 1 aliphatic carbocycles. The van der Waals surface area contributed by atoms with Crippen LogP contribution >= 0.6 is 0 Å². The minimum Gasteiger partial charge on any atom is -0.494 e. The Morgan fingerprint density at radius 1 is 0.614 bits per heavy atom. The van der Waals surface area contributed by atoms with Crippen molar-refractivity contribution in [1.29, 1.82) is 0 Å². The van der Waals surface area contributed by atoms with Gasteiger partial charge in [0.05, 0.1) is 13.2 Å². The first-order valence-electron chi connectivity index (χ1n) is 16.9. The first-order valence-corrected chi connectivity index (χ1v) is 16.9. The maximum absolute atomic E-state index is 17.3. The van der Waals surface area contributed by atoms with Crippen molar-refractivity contribution in [3.8, 4) is 22.6 Å². The van der Waals surface area contributed by atoms with Gasteiger partial charge in [0.2, 0.25) is 0 Å². The van der Waals surface area contributed by atoms with Crippen LogP contribution in [0.4, 0.5) is 8.78 Å². The molecule has 236 valence electrons. The second-order valence-electron chi connectivity index (χ2n) is 11.9. The summed E-state index contributed by atoms with van der Waals surface area (Å²) >= 11 is 0. The van der Waals surface area contributed by atoms with Crippen LogP contribution in [0.2, 0.25) is 0 Å². The van der Waals surface area contributed by atoms with E-state index >= 15 is 8.78 Å². The summed E-state index contributed by atoms with van der Waals surface area (Å²) in [6, 6.07) is 22.3. The predicted molar refractivity (Wildman–Crippen MR) is 181 cm³/mol. The lowest BCUT2D eigenvalue weighted by molar-refractivity contribution is 0.136. The number of rotatable bonds is 19. The van der Waals surface area contributed by atoms with Crippen LogP contribution in [0.25, 0.3) is 16.7 Å². The third-order valence-corrected chi connectivity index (χ3v) is 8.50. The van der Waals surface area contributed by atoms with Gasteiger partial charge in [-0.2, -0.15) is 0 Å². The molecule has 1 aliphatic rings. The van der Waals surface area contributed by atoms with Gasteiger partial charge < -0.3 is 9.47 Å². The van der Waals surface area contributed by atoms with Crippen LogP contribution in [0, 0.1) is 0 Å². The topological polar surface area (TPSA) is 18.5 Å². The van der Waals surface area contributed by atoms with Crippen molar-refractivity contribution in [2.24, 2.45) is 0 Å². The van der Waals surface area contributed by atoms with Crippen molar-refractivity contribution in [3.05, 3.63) is 102 Å². The van der Waals surface area contributed by atoms with Crippen LogP contribution in [0.15, 0.2) is 91.0 Å². The molecule has 2 atom stereocenters. The van der Waals surface area contributed by atoms with Crippen molar-refractivity contribution in [2.45, 2.75) is 103 Å². The highest BCUT2D eigenvalue weighted by Crippen LogP contribution is 2.49. The first kappa shape index (κ1) is 33.5. The Morgan fingerprint density at radius 2 is 1.11 bits per heavy atom. The monoisotopic (exact) mass is 600 g/mol. The van der Waals surface area contributed by atoms with E-state index in [1.807, 2.05) is 60.7 Å². The fourth-order valence-electron chi connectivity index (χ4n) is 5.91. The van der Waals surface area contributed by atoms with E-state index in [1.165, 1.54) is 63.9 Å². The fraction of sp³-hybridized carbons (Fsp3) is 0.450. The largest absolute Gasteiger partial charge is 0.494 e. The second-order valence-corrected chi connectivity index (χ2v) is 11.9. The van der Waals surface area contributed by atoms with E-state index in [0.29, 0.717) is 35.5 Å². The molecule has 0 aliphatic heterocycles. The van der Waals surface area contributed by atoms with E-state index in [0.717, 1.165) is 36.3 Å². The maximum atomic E-state index is 17.3. The summed E-state index contributed by atoms with van der Waals surface area (Å²) in [7, 11) is 0. The SMILES string of the molecule is CCCCCCCCCOc1ccc(C2=CC=CC(F)C2(F)c2ccccc2-c2ccc(OCCCCCCC)cc2)cc1. The third kappa shape index (κ3) is 9.06. The van der Waals surface area contributed by atoms with Gasteiger partial charge in [-0.15, -0.1) is 0 Å². The van der Waals surface area contributed by atoms with E-state index in [-0.39, 0.29) is 0 Å². The molecule has 4 rings (SSSR count). The zero-order valence-corrected chi connectivity index (χ0v) is 26.7. The number of ether oxygens (including phenoxy) is 2. The number of halogens is 2. The van der Waals surface area contributed by atoms with Crippen LogP contribution in [0.3, 0.4) is 0 Å². The second kappa shape index (κ2) is 17.8. The van der Waals surface area contributed by atoms with Crippen molar-refractivity contribution in [1.82, 2.24) is 0 Å². The van der Waals surface area contributed by atoms with Gasteiger partial charge in [-0.05, 0) is 59.9 Å². The van der Waals surface area contributed by atoms with Crippen LogP contribution < -0.4 is 9.47 Å². The number of alkyl halides is 2. The van der Waals surface area contributed by atoms with Gasteiger partial charge >= 0.3 is 0 Å². The van der Waals surface area contributed by atoms with Gasteiger partial charge in [0.1, 0.15) is 11.5 Å². The van der Waals surface area contributed by atoms with E-state index in [2.05, 4.69) is 13.8 Å². The predicted octanol–water partition coefficient (Wildman–Crippen LogP) is 12.0. The van der Waals surface area contributed by atoms with Gasteiger partial charge in [-0.25, -0.2) is 8.78 Å². The summed E-state index contributed by atoms with van der Waals surface area (Å²) in [4.78, 5) is 0. The molecule has 0 amide bonds. The van der Waals surface area contributed by atoms with Gasteiger partial charge in [0.15, 0.2) is 11.8 Å². The average molecular weight is 601 g/mol.